The van der Waals surface area contributed by atoms with E-state index in [2.05, 4.69) is 15.0 Å². The summed E-state index contributed by atoms with van der Waals surface area (Å²) < 4.78 is 10.7. The number of carbonyl (C=O) groups is 1. The van der Waals surface area contributed by atoms with Gasteiger partial charge in [-0.25, -0.2) is 14.8 Å². The number of nitriles is 1. The number of ether oxygens (including phenoxy) is 1. The van der Waals surface area contributed by atoms with Crippen LogP contribution in [0.1, 0.15) is 18.6 Å². The fourth-order valence-electron chi connectivity index (χ4n) is 2.88. The summed E-state index contributed by atoms with van der Waals surface area (Å²) in [4.78, 5) is 23.6. The van der Waals surface area contributed by atoms with Gasteiger partial charge in [0.25, 0.3) is 0 Å². The van der Waals surface area contributed by atoms with Crippen LogP contribution in [0.5, 0.6) is 0 Å². The zero-order valence-corrected chi connectivity index (χ0v) is 15.9. The molecule has 8 nitrogen and oxygen atoms in total. The molecule has 0 spiro atoms. The van der Waals surface area contributed by atoms with E-state index in [-0.39, 0.29) is 17.3 Å². The molecule has 0 saturated carbocycles. The van der Waals surface area contributed by atoms with E-state index in [1.165, 1.54) is 13.0 Å². The summed E-state index contributed by atoms with van der Waals surface area (Å²) in [5.74, 6) is -0.681. The van der Waals surface area contributed by atoms with Gasteiger partial charge in [-0.05, 0) is 31.2 Å². The number of H-pyrrole nitrogens is 1. The molecular weight excluding hydrogens is 384 g/mol. The highest BCUT2D eigenvalue weighted by Crippen LogP contribution is 2.21. The molecule has 1 atom stereocenters. The molecule has 0 bridgehead atoms. The minimum atomic E-state index is -1.06. The van der Waals surface area contributed by atoms with E-state index < -0.39 is 17.8 Å². The zero-order chi connectivity index (χ0) is 21.1. The van der Waals surface area contributed by atoms with Gasteiger partial charge in [-0.3, -0.25) is 0 Å². The van der Waals surface area contributed by atoms with Gasteiger partial charge in [-0.15, -0.1) is 0 Å². The first-order valence-corrected chi connectivity index (χ1v) is 9.08. The van der Waals surface area contributed by atoms with Crippen molar-refractivity contribution in [2.75, 3.05) is 0 Å². The van der Waals surface area contributed by atoms with Crippen molar-refractivity contribution in [3.8, 4) is 6.07 Å². The molecule has 2 N–H and O–H groups in total. The fourth-order valence-corrected chi connectivity index (χ4v) is 2.88. The van der Waals surface area contributed by atoms with Crippen LogP contribution in [0.3, 0.4) is 0 Å². The molecule has 0 amide bonds. The Morgan fingerprint density at radius 1 is 1.20 bits per heavy atom. The summed E-state index contributed by atoms with van der Waals surface area (Å²) in [6.45, 7) is 1.46. The lowest BCUT2D eigenvalue weighted by molar-refractivity contribution is -0.141. The van der Waals surface area contributed by atoms with Crippen LogP contribution in [0.4, 0.5) is 0 Å². The van der Waals surface area contributed by atoms with E-state index >= 15 is 0 Å². The predicted molar refractivity (Wildman–Crippen MR) is 110 cm³/mol. The summed E-state index contributed by atoms with van der Waals surface area (Å²) in [6.07, 6.45) is 1.45. The van der Waals surface area contributed by atoms with E-state index in [4.69, 9.17) is 9.15 Å². The van der Waals surface area contributed by atoms with Crippen LogP contribution in [-0.2, 0) is 9.53 Å². The third kappa shape index (κ3) is 3.77. The number of hydrogen-bond donors (Lipinski definition) is 2. The van der Waals surface area contributed by atoms with Crippen molar-refractivity contribution in [3.05, 3.63) is 72.1 Å². The smallest absolute Gasteiger partial charge is 0.331 e. The average Bonchev–Trinajstić information content (AvgIpc) is 3.36. The maximum Gasteiger partial charge on any atom is 0.331 e. The minimum absolute atomic E-state index is 0.102. The fraction of sp³-hybridized carbons (Fsp3) is 0.0909. The third-order valence-corrected chi connectivity index (χ3v) is 4.34. The highest BCUT2D eigenvalue weighted by molar-refractivity contribution is 5.88. The SMILES string of the molecule is C[C@H](OC(=O)/C=C/c1nc2ccccc2o1)/C(O)=C(\C#N)c1nc2ccccc2[nH]1. The topological polar surface area (TPSA) is 125 Å². The number of aliphatic hydroxyl groups excluding tert-OH is 1. The number of aliphatic hydroxyl groups is 1. The molecule has 148 valence electrons. The number of rotatable bonds is 5. The number of esters is 1. The Morgan fingerprint density at radius 2 is 1.93 bits per heavy atom. The first-order valence-electron chi connectivity index (χ1n) is 9.08. The number of aromatic nitrogens is 3. The maximum atomic E-state index is 12.1. The first-order chi connectivity index (χ1) is 14.5. The van der Waals surface area contributed by atoms with Gasteiger partial charge in [0, 0.05) is 12.2 Å². The van der Waals surface area contributed by atoms with Crippen molar-refractivity contribution in [3.63, 3.8) is 0 Å². The summed E-state index contributed by atoms with van der Waals surface area (Å²) in [7, 11) is 0. The van der Waals surface area contributed by atoms with Crippen LogP contribution >= 0.6 is 0 Å². The normalized spacial score (nSPS) is 13.3. The molecule has 0 aliphatic heterocycles. The molecule has 4 aromatic rings. The molecule has 2 aromatic carbocycles. The lowest BCUT2D eigenvalue weighted by Gasteiger charge is -2.12. The number of fused-ring (bicyclic) bond motifs is 2. The third-order valence-electron chi connectivity index (χ3n) is 4.34. The number of benzene rings is 2. The molecular formula is C22H16N4O4. The Labute approximate surface area is 170 Å². The number of nitrogens with one attached hydrogen (secondary N) is 1. The van der Waals surface area contributed by atoms with Crippen molar-refractivity contribution in [1.82, 2.24) is 15.0 Å². The van der Waals surface area contributed by atoms with Crippen LogP contribution in [-0.4, -0.2) is 32.1 Å². The number of allylic oxidation sites excluding steroid dienone is 1. The van der Waals surface area contributed by atoms with Gasteiger partial charge in [-0.1, -0.05) is 24.3 Å². The van der Waals surface area contributed by atoms with Crippen LogP contribution in [0.25, 0.3) is 33.8 Å². The molecule has 0 saturated heterocycles. The van der Waals surface area contributed by atoms with Crippen LogP contribution in [0.2, 0.25) is 0 Å². The molecule has 4 rings (SSSR count). The van der Waals surface area contributed by atoms with E-state index in [9.17, 15) is 15.2 Å². The number of nitrogens with zero attached hydrogens (tertiary/aromatic N) is 3. The summed E-state index contributed by atoms with van der Waals surface area (Å²) in [5.41, 5.74) is 2.54. The summed E-state index contributed by atoms with van der Waals surface area (Å²) in [6, 6.07) is 16.3. The number of imidazole rings is 1. The molecule has 30 heavy (non-hydrogen) atoms. The number of oxazole rings is 1. The van der Waals surface area contributed by atoms with Crippen molar-refractivity contribution < 1.29 is 19.1 Å². The van der Waals surface area contributed by atoms with Crippen molar-refractivity contribution >= 4 is 39.8 Å². The first kappa shape index (κ1) is 19.0. The monoisotopic (exact) mass is 400 g/mol. The van der Waals surface area contributed by atoms with E-state index in [0.29, 0.717) is 16.6 Å². The van der Waals surface area contributed by atoms with Gasteiger partial charge in [-0.2, -0.15) is 5.26 Å². The Morgan fingerprint density at radius 3 is 2.67 bits per heavy atom. The highest BCUT2D eigenvalue weighted by Gasteiger charge is 2.20. The van der Waals surface area contributed by atoms with Crippen LogP contribution < -0.4 is 0 Å². The average molecular weight is 400 g/mol. The van der Waals surface area contributed by atoms with Crippen LogP contribution in [0.15, 0.2) is 64.8 Å². The number of aromatic amines is 1. The molecule has 0 aliphatic rings. The summed E-state index contributed by atoms with van der Waals surface area (Å²) >= 11 is 0. The molecule has 2 aromatic heterocycles. The van der Waals surface area contributed by atoms with E-state index in [0.717, 1.165) is 11.6 Å². The number of para-hydroxylation sites is 4. The zero-order valence-electron chi connectivity index (χ0n) is 15.9. The second-order valence-electron chi connectivity index (χ2n) is 6.41. The largest absolute Gasteiger partial charge is 0.507 e. The molecule has 8 heteroatoms. The Kier molecular flexibility index (Phi) is 5.01. The van der Waals surface area contributed by atoms with Gasteiger partial charge < -0.3 is 19.2 Å². The lowest BCUT2D eigenvalue weighted by Crippen LogP contribution is -2.17. The summed E-state index contributed by atoms with van der Waals surface area (Å²) in [5, 5.41) is 19.9. The number of hydrogen-bond acceptors (Lipinski definition) is 7. The predicted octanol–water partition coefficient (Wildman–Crippen LogP) is 4.14. The van der Waals surface area contributed by atoms with E-state index in [1.54, 1.807) is 24.3 Å². The number of carbonyl (C=O) groups excluding carboxylic acids is 1. The van der Waals surface area contributed by atoms with Gasteiger partial charge in [0.15, 0.2) is 23.3 Å². The standard InChI is InChI=1S/C22H16N4O4/c1-13(21(28)14(12-23)22-25-15-6-2-3-7-16(15)26-22)29-20(27)11-10-19-24-17-8-4-5-9-18(17)30-19/h2-11,13,28H,1H3,(H,25,26)/b11-10+,21-14-/t13-/m0/s1. The molecule has 2 heterocycles. The molecule has 0 aliphatic carbocycles. The van der Waals surface area contributed by atoms with Gasteiger partial charge >= 0.3 is 5.97 Å². The van der Waals surface area contributed by atoms with Gasteiger partial charge in [0.1, 0.15) is 17.2 Å². The van der Waals surface area contributed by atoms with Gasteiger partial charge in [0.05, 0.1) is 11.0 Å². The van der Waals surface area contributed by atoms with Crippen molar-refractivity contribution in [1.29, 1.82) is 5.26 Å². The minimum Gasteiger partial charge on any atom is -0.507 e. The quantitative estimate of drug-likeness (QED) is 0.223. The van der Waals surface area contributed by atoms with Crippen molar-refractivity contribution in [2.45, 2.75) is 13.0 Å². The molecule has 0 unspecified atom stereocenters. The van der Waals surface area contributed by atoms with E-state index in [1.807, 2.05) is 30.3 Å². The second-order valence-corrected chi connectivity index (χ2v) is 6.41. The Bertz CT molecular complexity index is 1270. The Balaban J connectivity index is 1.50. The maximum absolute atomic E-state index is 12.1. The Hall–Kier alpha value is -4.38. The molecule has 0 fully saturated rings. The molecule has 0 radical (unpaired) electrons. The lowest BCUT2D eigenvalue weighted by atomic mass is 10.2. The van der Waals surface area contributed by atoms with Crippen molar-refractivity contribution in [2.24, 2.45) is 0 Å². The second kappa shape index (κ2) is 7.93. The van der Waals surface area contributed by atoms with Gasteiger partial charge in [0.2, 0.25) is 5.89 Å². The highest BCUT2D eigenvalue weighted by atomic mass is 16.5. The van der Waals surface area contributed by atoms with Crippen LogP contribution in [0, 0.1) is 11.3 Å².